The van der Waals surface area contributed by atoms with Crippen LogP contribution in [0.1, 0.15) is 5.56 Å². The van der Waals surface area contributed by atoms with Crippen molar-refractivity contribution >= 4 is 26.8 Å². The first-order valence-corrected chi connectivity index (χ1v) is 6.69. The van der Waals surface area contributed by atoms with E-state index in [0.29, 0.717) is 11.2 Å². The number of hydrogen-bond acceptors (Lipinski definition) is 3. The Labute approximate surface area is 119 Å². The molecule has 0 bridgehead atoms. The SMILES string of the molecule is Brc1ncccc1OCc1cnc2ccccc2c1. The normalized spacial score (nSPS) is 10.6. The Morgan fingerprint density at radius 1 is 1.05 bits per heavy atom. The lowest BCUT2D eigenvalue weighted by atomic mass is 10.2. The summed E-state index contributed by atoms with van der Waals surface area (Å²) in [5.41, 5.74) is 2.03. The van der Waals surface area contributed by atoms with Gasteiger partial charge in [-0.05, 0) is 40.2 Å². The van der Waals surface area contributed by atoms with Crippen molar-refractivity contribution in [2.45, 2.75) is 6.61 Å². The van der Waals surface area contributed by atoms with Gasteiger partial charge >= 0.3 is 0 Å². The summed E-state index contributed by atoms with van der Waals surface area (Å²) < 4.78 is 6.43. The summed E-state index contributed by atoms with van der Waals surface area (Å²) >= 11 is 3.36. The summed E-state index contributed by atoms with van der Waals surface area (Å²) in [6, 6.07) is 13.9. The Morgan fingerprint density at radius 3 is 2.84 bits per heavy atom. The number of para-hydroxylation sites is 1. The average molecular weight is 315 g/mol. The third-order valence-corrected chi connectivity index (χ3v) is 3.36. The van der Waals surface area contributed by atoms with Crippen LogP contribution >= 0.6 is 15.9 Å². The highest BCUT2D eigenvalue weighted by Crippen LogP contribution is 2.22. The van der Waals surface area contributed by atoms with Crippen molar-refractivity contribution in [2.24, 2.45) is 0 Å². The van der Waals surface area contributed by atoms with Crippen molar-refractivity contribution in [3.63, 3.8) is 0 Å². The second-order valence-corrected chi connectivity index (χ2v) is 4.87. The summed E-state index contributed by atoms with van der Waals surface area (Å²) in [6.07, 6.45) is 3.56. The zero-order valence-electron chi connectivity index (χ0n) is 10.1. The van der Waals surface area contributed by atoms with E-state index in [1.165, 1.54) is 0 Å². The number of fused-ring (bicyclic) bond motifs is 1. The number of hydrogen-bond donors (Lipinski definition) is 0. The Morgan fingerprint density at radius 2 is 1.95 bits per heavy atom. The molecule has 0 aliphatic heterocycles. The summed E-state index contributed by atoms with van der Waals surface area (Å²) in [5, 5.41) is 1.12. The largest absolute Gasteiger partial charge is 0.486 e. The molecule has 2 aromatic heterocycles. The molecule has 3 nitrogen and oxygen atoms in total. The van der Waals surface area contributed by atoms with Crippen LogP contribution < -0.4 is 4.74 Å². The van der Waals surface area contributed by atoms with Gasteiger partial charge in [-0.3, -0.25) is 4.98 Å². The Kier molecular flexibility index (Phi) is 3.42. The minimum Gasteiger partial charge on any atom is -0.486 e. The molecule has 3 aromatic rings. The molecule has 4 heteroatoms. The molecule has 0 atom stereocenters. The topological polar surface area (TPSA) is 35.0 Å². The quantitative estimate of drug-likeness (QED) is 0.686. The van der Waals surface area contributed by atoms with Crippen LogP contribution in [-0.2, 0) is 6.61 Å². The van der Waals surface area contributed by atoms with Gasteiger partial charge in [0.05, 0.1) is 5.52 Å². The predicted molar refractivity (Wildman–Crippen MR) is 78.0 cm³/mol. The van der Waals surface area contributed by atoms with Crippen LogP contribution in [0.3, 0.4) is 0 Å². The maximum absolute atomic E-state index is 5.72. The number of rotatable bonds is 3. The first-order valence-electron chi connectivity index (χ1n) is 5.90. The van der Waals surface area contributed by atoms with Crippen molar-refractivity contribution in [3.05, 3.63) is 65.0 Å². The van der Waals surface area contributed by atoms with Gasteiger partial charge in [-0.15, -0.1) is 0 Å². The van der Waals surface area contributed by atoms with E-state index in [0.717, 1.165) is 22.2 Å². The van der Waals surface area contributed by atoms with Crippen LogP contribution in [0.2, 0.25) is 0 Å². The first-order chi connectivity index (χ1) is 9.33. The summed E-state index contributed by atoms with van der Waals surface area (Å²) in [6.45, 7) is 0.474. The van der Waals surface area contributed by atoms with E-state index in [1.54, 1.807) is 6.20 Å². The van der Waals surface area contributed by atoms with E-state index in [9.17, 15) is 0 Å². The summed E-state index contributed by atoms with van der Waals surface area (Å²) in [5.74, 6) is 0.732. The van der Waals surface area contributed by atoms with Crippen LogP contribution in [0.25, 0.3) is 10.9 Å². The van der Waals surface area contributed by atoms with Gasteiger partial charge in [0.2, 0.25) is 0 Å². The molecule has 0 radical (unpaired) electrons. The second-order valence-electron chi connectivity index (χ2n) is 4.12. The van der Waals surface area contributed by atoms with Crippen molar-refractivity contribution in [3.8, 4) is 5.75 Å². The summed E-state index contributed by atoms with van der Waals surface area (Å²) in [4.78, 5) is 8.53. The standard InChI is InChI=1S/C15H11BrN2O/c16-15-14(6-3-7-17-15)19-10-11-8-12-4-1-2-5-13(12)18-9-11/h1-9H,10H2. The lowest BCUT2D eigenvalue weighted by molar-refractivity contribution is 0.302. The Balaban J connectivity index is 1.80. The molecule has 0 spiro atoms. The van der Waals surface area contributed by atoms with Crippen LogP contribution in [-0.4, -0.2) is 9.97 Å². The van der Waals surface area contributed by atoms with Gasteiger partial charge in [0.25, 0.3) is 0 Å². The summed E-state index contributed by atoms with van der Waals surface area (Å²) in [7, 11) is 0. The van der Waals surface area contributed by atoms with Crippen molar-refractivity contribution in [1.82, 2.24) is 9.97 Å². The molecule has 0 N–H and O–H groups in total. The highest BCUT2D eigenvalue weighted by molar-refractivity contribution is 9.10. The smallest absolute Gasteiger partial charge is 0.152 e. The number of nitrogens with zero attached hydrogens (tertiary/aromatic N) is 2. The molecule has 0 aliphatic rings. The highest BCUT2D eigenvalue weighted by atomic mass is 79.9. The third kappa shape index (κ3) is 2.74. The van der Waals surface area contributed by atoms with Crippen molar-refractivity contribution in [1.29, 1.82) is 0 Å². The van der Waals surface area contributed by atoms with E-state index in [2.05, 4.69) is 32.0 Å². The number of halogens is 1. The molecule has 0 amide bonds. The Hall–Kier alpha value is -1.94. The number of aromatic nitrogens is 2. The molecule has 0 saturated carbocycles. The zero-order chi connectivity index (χ0) is 13.1. The van der Waals surface area contributed by atoms with Crippen LogP contribution in [0.5, 0.6) is 5.75 Å². The van der Waals surface area contributed by atoms with Crippen molar-refractivity contribution < 1.29 is 4.74 Å². The van der Waals surface area contributed by atoms with Crippen LogP contribution in [0, 0.1) is 0 Å². The fraction of sp³-hybridized carbons (Fsp3) is 0.0667. The lowest BCUT2D eigenvalue weighted by Gasteiger charge is -2.07. The monoisotopic (exact) mass is 314 g/mol. The zero-order valence-corrected chi connectivity index (χ0v) is 11.7. The van der Waals surface area contributed by atoms with Gasteiger partial charge < -0.3 is 4.74 Å². The van der Waals surface area contributed by atoms with Crippen molar-refractivity contribution in [2.75, 3.05) is 0 Å². The first kappa shape index (κ1) is 12.1. The average Bonchev–Trinajstić information content (AvgIpc) is 2.46. The molecule has 0 unspecified atom stereocenters. The molecule has 0 fully saturated rings. The molecular weight excluding hydrogens is 304 g/mol. The van der Waals surface area contributed by atoms with Gasteiger partial charge in [0, 0.05) is 23.3 Å². The minimum absolute atomic E-state index is 0.474. The lowest BCUT2D eigenvalue weighted by Crippen LogP contribution is -1.97. The third-order valence-electron chi connectivity index (χ3n) is 2.77. The van der Waals surface area contributed by atoms with E-state index in [1.807, 2.05) is 42.6 Å². The Bertz CT molecular complexity index is 715. The predicted octanol–water partition coefficient (Wildman–Crippen LogP) is 3.97. The maximum Gasteiger partial charge on any atom is 0.152 e. The van der Waals surface area contributed by atoms with Gasteiger partial charge in [-0.1, -0.05) is 18.2 Å². The number of pyridine rings is 2. The molecule has 94 valence electrons. The number of benzene rings is 1. The van der Waals surface area contributed by atoms with Gasteiger partial charge in [-0.25, -0.2) is 4.98 Å². The van der Waals surface area contributed by atoms with E-state index in [-0.39, 0.29) is 0 Å². The van der Waals surface area contributed by atoms with Gasteiger partial charge in [-0.2, -0.15) is 0 Å². The molecule has 3 rings (SSSR count). The molecular formula is C15H11BrN2O. The minimum atomic E-state index is 0.474. The molecule has 0 aliphatic carbocycles. The fourth-order valence-corrected chi connectivity index (χ4v) is 2.20. The molecule has 1 aromatic carbocycles. The molecule has 2 heterocycles. The van der Waals surface area contributed by atoms with E-state index >= 15 is 0 Å². The highest BCUT2D eigenvalue weighted by Gasteiger charge is 2.02. The van der Waals surface area contributed by atoms with E-state index < -0.39 is 0 Å². The molecule has 19 heavy (non-hydrogen) atoms. The van der Waals surface area contributed by atoms with Gasteiger partial charge in [0.1, 0.15) is 11.2 Å². The maximum atomic E-state index is 5.72. The second kappa shape index (κ2) is 5.36. The number of ether oxygens (including phenoxy) is 1. The van der Waals surface area contributed by atoms with Crippen LogP contribution in [0.15, 0.2) is 59.5 Å². The van der Waals surface area contributed by atoms with E-state index in [4.69, 9.17) is 4.74 Å². The van der Waals surface area contributed by atoms with Crippen LogP contribution in [0.4, 0.5) is 0 Å². The fourth-order valence-electron chi connectivity index (χ4n) is 1.84. The molecule has 0 saturated heterocycles. The van der Waals surface area contributed by atoms with Gasteiger partial charge in [0.15, 0.2) is 5.75 Å².